The minimum absolute atomic E-state index is 0.135. The molecule has 3 aromatic carbocycles. The number of nitrogens with one attached hydrogen (secondary N) is 1. The van der Waals surface area contributed by atoms with Crippen molar-refractivity contribution >= 4 is 0 Å². The Morgan fingerprint density at radius 2 is 1.41 bits per heavy atom. The van der Waals surface area contributed by atoms with Crippen LogP contribution in [0.4, 0.5) is 4.39 Å². The van der Waals surface area contributed by atoms with Gasteiger partial charge in [-0.3, -0.25) is 0 Å². The highest BCUT2D eigenvalue weighted by Crippen LogP contribution is 2.32. The van der Waals surface area contributed by atoms with E-state index in [2.05, 4.69) is 5.32 Å². The van der Waals surface area contributed by atoms with Crippen LogP contribution in [0.15, 0.2) is 66.7 Å². The monoisotopic (exact) mass is 395 g/mol. The first kappa shape index (κ1) is 20.7. The number of halogens is 1. The van der Waals surface area contributed by atoms with E-state index < -0.39 is 0 Å². The second kappa shape index (κ2) is 10.5. The molecular weight excluding hydrogens is 369 g/mol. The Kier molecular flexibility index (Phi) is 7.47. The fraction of sp³-hybridized carbons (Fsp3) is 0.250. The molecule has 0 bridgehead atoms. The Hall–Kier alpha value is -3.05. The largest absolute Gasteiger partial charge is 0.496 e. The highest BCUT2D eigenvalue weighted by atomic mass is 19.1. The van der Waals surface area contributed by atoms with Crippen molar-refractivity contribution in [3.63, 3.8) is 0 Å². The molecule has 3 aromatic rings. The van der Waals surface area contributed by atoms with Crippen LogP contribution in [0, 0.1) is 5.82 Å². The van der Waals surface area contributed by atoms with Crippen LogP contribution in [-0.4, -0.2) is 13.7 Å². The van der Waals surface area contributed by atoms with E-state index in [4.69, 9.17) is 14.2 Å². The first-order valence-corrected chi connectivity index (χ1v) is 9.66. The lowest BCUT2D eigenvalue weighted by Gasteiger charge is -2.17. The molecule has 0 amide bonds. The molecule has 1 N–H and O–H groups in total. The highest BCUT2D eigenvalue weighted by molar-refractivity contribution is 5.47. The molecule has 5 heteroatoms. The zero-order valence-corrected chi connectivity index (χ0v) is 16.8. The van der Waals surface area contributed by atoms with Crippen LogP contribution in [0.1, 0.15) is 23.6 Å². The molecule has 152 valence electrons. The van der Waals surface area contributed by atoms with E-state index in [0.29, 0.717) is 36.8 Å². The van der Waals surface area contributed by atoms with Gasteiger partial charge in [0.1, 0.15) is 18.2 Å². The van der Waals surface area contributed by atoms with E-state index in [1.807, 2.05) is 49.4 Å². The minimum Gasteiger partial charge on any atom is -0.496 e. The third-order valence-corrected chi connectivity index (χ3v) is 4.51. The summed E-state index contributed by atoms with van der Waals surface area (Å²) in [6, 6.07) is 20.3. The molecule has 0 spiro atoms. The van der Waals surface area contributed by atoms with Crippen LogP contribution in [0.2, 0.25) is 0 Å². The number of hydrogen-bond donors (Lipinski definition) is 1. The van der Waals surface area contributed by atoms with Crippen molar-refractivity contribution in [2.45, 2.75) is 26.6 Å². The van der Waals surface area contributed by atoms with Crippen molar-refractivity contribution in [1.29, 1.82) is 0 Å². The van der Waals surface area contributed by atoms with Crippen LogP contribution in [-0.2, 0) is 19.7 Å². The minimum atomic E-state index is -0.280. The van der Waals surface area contributed by atoms with Gasteiger partial charge in [-0.15, -0.1) is 0 Å². The highest BCUT2D eigenvalue weighted by Gasteiger charge is 2.13. The Labute approximate surface area is 171 Å². The lowest BCUT2D eigenvalue weighted by atomic mass is 10.1. The molecule has 0 aromatic heterocycles. The lowest BCUT2D eigenvalue weighted by Crippen LogP contribution is -2.15. The quantitative estimate of drug-likeness (QED) is 0.518. The number of para-hydroxylation sites is 2. The number of benzene rings is 3. The standard InChI is InChI=1S/C24H26FNO3/c1-3-28-23-14-8-11-19(16-26-15-18-9-5-7-13-22(18)27-2)24(23)29-17-20-10-4-6-12-21(20)25/h4-14,26H,3,15-17H2,1-2H3. The van der Waals surface area contributed by atoms with Gasteiger partial charge < -0.3 is 19.5 Å². The smallest absolute Gasteiger partial charge is 0.166 e. The SMILES string of the molecule is CCOc1cccc(CNCc2ccccc2OC)c1OCc1ccccc1F. The van der Waals surface area contributed by atoms with Gasteiger partial charge in [-0.1, -0.05) is 48.5 Å². The topological polar surface area (TPSA) is 39.7 Å². The molecule has 0 atom stereocenters. The summed E-state index contributed by atoms with van der Waals surface area (Å²) < 4.78 is 31.1. The van der Waals surface area contributed by atoms with Crippen LogP contribution in [0.5, 0.6) is 17.2 Å². The van der Waals surface area contributed by atoms with Gasteiger partial charge in [0.2, 0.25) is 0 Å². The first-order chi connectivity index (χ1) is 14.2. The number of ether oxygens (including phenoxy) is 3. The van der Waals surface area contributed by atoms with Gasteiger partial charge in [-0.25, -0.2) is 4.39 Å². The first-order valence-electron chi connectivity index (χ1n) is 9.66. The maximum Gasteiger partial charge on any atom is 0.166 e. The molecule has 4 nitrogen and oxygen atoms in total. The van der Waals surface area contributed by atoms with Crippen molar-refractivity contribution in [3.8, 4) is 17.2 Å². The van der Waals surface area contributed by atoms with Crippen molar-refractivity contribution in [3.05, 3.63) is 89.2 Å². The van der Waals surface area contributed by atoms with Crippen LogP contribution < -0.4 is 19.5 Å². The van der Waals surface area contributed by atoms with Crippen molar-refractivity contribution in [2.24, 2.45) is 0 Å². The molecule has 0 radical (unpaired) electrons. The predicted molar refractivity (Wildman–Crippen MR) is 112 cm³/mol. The molecule has 0 saturated heterocycles. The molecule has 0 aliphatic heterocycles. The van der Waals surface area contributed by atoms with Crippen LogP contribution in [0.25, 0.3) is 0 Å². The van der Waals surface area contributed by atoms with Crippen molar-refractivity contribution < 1.29 is 18.6 Å². The normalized spacial score (nSPS) is 10.6. The molecular formula is C24H26FNO3. The van der Waals surface area contributed by atoms with E-state index in [0.717, 1.165) is 16.9 Å². The Morgan fingerprint density at radius 3 is 2.17 bits per heavy atom. The second-order valence-electron chi connectivity index (χ2n) is 6.47. The summed E-state index contributed by atoms with van der Waals surface area (Å²) in [4.78, 5) is 0. The van der Waals surface area contributed by atoms with Gasteiger partial charge in [-0.2, -0.15) is 0 Å². The summed E-state index contributed by atoms with van der Waals surface area (Å²) in [6.07, 6.45) is 0. The maximum absolute atomic E-state index is 14.0. The zero-order chi connectivity index (χ0) is 20.5. The predicted octanol–water partition coefficient (Wildman–Crippen LogP) is 5.10. The van der Waals surface area contributed by atoms with E-state index >= 15 is 0 Å². The molecule has 3 rings (SSSR count). The summed E-state index contributed by atoms with van der Waals surface area (Å²) in [7, 11) is 1.67. The van der Waals surface area contributed by atoms with Crippen LogP contribution >= 0.6 is 0 Å². The molecule has 0 heterocycles. The summed E-state index contributed by atoms with van der Waals surface area (Å²) in [5.74, 6) is 1.85. The summed E-state index contributed by atoms with van der Waals surface area (Å²) in [6.45, 7) is 3.80. The van der Waals surface area contributed by atoms with Gasteiger partial charge in [-0.05, 0) is 25.1 Å². The van der Waals surface area contributed by atoms with E-state index in [1.54, 1.807) is 25.3 Å². The lowest BCUT2D eigenvalue weighted by molar-refractivity contribution is 0.262. The van der Waals surface area contributed by atoms with E-state index in [9.17, 15) is 4.39 Å². The summed E-state index contributed by atoms with van der Waals surface area (Å²) in [5, 5.41) is 3.42. The second-order valence-corrected chi connectivity index (χ2v) is 6.47. The fourth-order valence-electron chi connectivity index (χ4n) is 3.08. The number of rotatable bonds is 10. The fourth-order valence-corrected chi connectivity index (χ4v) is 3.08. The molecule has 0 aliphatic rings. The van der Waals surface area contributed by atoms with Crippen molar-refractivity contribution in [2.75, 3.05) is 13.7 Å². The van der Waals surface area contributed by atoms with Gasteiger partial charge >= 0.3 is 0 Å². The van der Waals surface area contributed by atoms with E-state index in [1.165, 1.54) is 6.07 Å². The molecule has 29 heavy (non-hydrogen) atoms. The molecule has 0 saturated carbocycles. The van der Waals surface area contributed by atoms with Gasteiger partial charge in [0, 0.05) is 29.8 Å². The van der Waals surface area contributed by atoms with Gasteiger partial charge in [0.15, 0.2) is 11.5 Å². The Balaban J connectivity index is 1.73. The average Bonchev–Trinajstić information content (AvgIpc) is 2.75. The van der Waals surface area contributed by atoms with E-state index in [-0.39, 0.29) is 12.4 Å². The zero-order valence-electron chi connectivity index (χ0n) is 16.8. The van der Waals surface area contributed by atoms with Crippen molar-refractivity contribution in [1.82, 2.24) is 5.32 Å². The Bertz CT molecular complexity index is 930. The van der Waals surface area contributed by atoms with Gasteiger partial charge in [0.25, 0.3) is 0 Å². The Morgan fingerprint density at radius 1 is 0.759 bits per heavy atom. The average molecular weight is 395 g/mol. The molecule has 0 unspecified atom stereocenters. The number of hydrogen-bond acceptors (Lipinski definition) is 4. The summed E-state index contributed by atoms with van der Waals surface area (Å²) >= 11 is 0. The summed E-state index contributed by atoms with van der Waals surface area (Å²) in [5.41, 5.74) is 2.53. The van der Waals surface area contributed by atoms with Crippen LogP contribution in [0.3, 0.4) is 0 Å². The molecule has 0 fully saturated rings. The maximum atomic E-state index is 14.0. The molecule has 0 aliphatic carbocycles. The third kappa shape index (κ3) is 5.48. The number of methoxy groups -OCH3 is 1. The third-order valence-electron chi connectivity index (χ3n) is 4.51. The van der Waals surface area contributed by atoms with Gasteiger partial charge in [0.05, 0.1) is 13.7 Å².